The van der Waals surface area contributed by atoms with E-state index in [1.54, 1.807) is 62.8 Å². The van der Waals surface area contributed by atoms with Crippen molar-refractivity contribution >= 4 is 22.7 Å². The summed E-state index contributed by atoms with van der Waals surface area (Å²) in [5, 5.41) is 13.5. The van der Waals surface area contributed by atoms with Crippen molar-refractivity contribution in [1.82, 2.24) is 10.1 Å². The summed E-state index contributed by atoms with van der Waals surface area (Å²) in [5.41, 5.74) is 1.51. The Bertz CT molecular complexity index is 904. The number of aromatic nitrogens is 2. The predicted octanol–water partition coefficient (Wildman–Crippen LogP) is 4.20. The van der Waals surface area contributed by atoms with E-state index >= 15 is 0 Å². The molecule has 7 heteroatoms. The third kappa shape index (κ3) is 3.75. The molecule has 0 aliphatic rings. The van der Waals surface area contributed by atoms with Gasteiger partial charge in [0.1, 0.15) is 10.8 Å². The molecular formula is C18H15ClN2O4. The molecule has 2 aromatic carbocycles. The second-order valence-corrected chi connectivity index (χ2v) is 5.48. The molecule has 0 atom stereocenters. The lowest BCUT2D eigenvalue weighted by Crippen LogP contribution is -1.91. The Kier molecular flexibility index (Phi) is 4.90. The number of phenolic OH excluding ortho intramolecular Hbond substituents is 1. The van der Waals surface area contributed by atoms with Gasteiger partial charge >= 0.3 is 0 Å². The predicted molar refractivity (Wildman–Crippen MR) is 94.7 cm³/mol. The molecule has 0 spiro atoms. The van der Waals surface area contributed by atoms with Crippen LogP contribution >= 0.6 is 11.6 Å². The quantitative estimate of drug-likeness (QED) is 0.736. The van der Waals surface area contributed by atoms with Crippen LogP contribution in [0.1, 0.15) is 11.5 Å². The van der Waals surface area contributed by atoms with E-state index in [1.807, 2.05) is 0 Å². The summed E-state index contributed by atoms with van der Waals surface area (Å²) in [5.74, 6) is 1.94. The molecule has 0 saturated carbocycles. The smallest absolute Gasteiger partial charge is 0.269 e. The van der Waals surface area contributed by atoms with Gasteiger partial charge in [0, 0.05) is 5.56 Å². The van der Waals surface area contributed by atoms with Gasteiger partial charge in [0.15, 0.2) is 11.5 Å². The van der Waals surface area contributed by atoms with E-state index in [9.17, 15) is 5.11 Å². The molecule has 3 rings (SSSR count). The summed E-state index contributed by atoms with van der Waals surface area (Å²) in [6.07, 6.45) is 1.67. The molecule has 25 heavy (non-hydrogen) atoms. The van der Waals surface area contributed by atoms with Crippen molar-refractivity contribution in [2.24, 2.45) is 0 Å². The van der Waals surface area contributed by atoms with E-state index in [1.165, 1.54) is 0 Å². The van der Waals surface area contributed by atoms with Crippen LogP contribution in [0.4, 0.5) is 0 Å². The summed E-state index contributed by atoms with van der Waals surface area (Å²) in [6.45, 7) is 0. The molecule has 0 radical (unpaired) electrons. The van der Waals surface area contributed by atoms with Crippen molar-refractivity contribution in [1.29, 1.82) is 0 Å². The van der Waals surface area contributed by atoms with Crippen molar-refractivity contribution in [3.63, 3.8) is 0 Å². The Balaban J connectivity index is 1.88. The normalized spacial score (nSPS) is 11.4. The largest absolute Gasteiger partial charge is 0.508 e. The minimum absolute atomic E-state index is 0.182. The van der Waals surface area contributed by atoms with Gasteiger partial charge in [-0.3, -0.25) is 0 Å². The molecule has 0 aliphatic carbocycles. The van der Waals surface area contributed by atoms with Crippen LogP contribution in [0.15, 0.2) is 47.0 Å². The van der Waals surface area contributed by atoms with Crippen LogP contribution in [0.3, 0.4) is 0 Å². The molecular weight excluding hydrogens is 344 g/mol. The van der Waals surface area contributed by atoms with Crippen LogP contribution in [0, 0.1) is 0 Å². The third-order valence-corrected chi connectivity index (χ3v) is 3.73. The van der Waals surface area contributed by atoms with E-state index in [2.05, 4.69) is 10.1 Å². The lowest BCUT2D eigenvalue weighted by molar-refractivity contribution is 0.355. The Hall–Kier alpha value is -2.99. The second-order valence-electron chi connectivity index (χ2n) is 5.08. The fraction of sp³-hybridized carbons (Fsp3) is 0.111. The first kappa shape index (κ1) is 16.9. The number of methoxy groups -OCH3 is 2. The van der Waals surface area contributed by atoms with Gasteiger partial charge < -0.3 is 19.1 Å². The highest BCUT2D eigenvalue weighted by Crippen LogP contribution is 2.32. The number of hydrogen-bond acceptors (Lipinski definition) is 6. The fourth-order valence-corrected chi connectivity index (χ4v) is 2.39. The monoisotopic (exact) mass is 358 g/mol. The first-order chi connectivity index (χ1) is 12.1. The minimum atomic E-state index is 0.182. The van der Waals surface area contributed by atoms with Gasteiger partial charge in [-0.15, -0.1) is 0 Å². The molecule has 6 nitrogen and oxygen atoms in total. The van der Waals surface area contributed by atoms with Gasteiger partial charge in [0.25, 0.3) is 5.89 Å². The van der Waals surface area contributed by atoms with Crippen LogP contribution in [0.5, 0.6) is 17.2 Å². The number of halogens is 1. The first-order valence-electron chi connectivity index (χ1n) is 7.33. The zero-order valence-electron chi connectivity index (χ0n) is 13.6. The summed E-state index contributed by atoms with van der Waals surface area (Å²) < 4.78 is 15.7. The van der Waals surface area contributed by atoms with Crippen LogP contribution in [-0.4, -0.2) is 29.5 Å². The highest BCUT2D eigenvalue weighted by atomic mass is 35.5. The van der Waals surface area contributed by atoms with Gasteiger partial charge in [0.2, 0.25) is 5.82 Å². The summed E-state index contributed by atoms with van der Waals surface area (Å²) >= 11 is 6.25. The average Bonchev–Trinajstić information content (AvgIpc) is 3.13. The van der Waals surface area contributed by atoms with E-state index in [0.29, 0.717) is 27.9 Å². The van der Waals surface area contributed by atoms with E-state index in [4.69, 9.17) is 25.6 Å². The molecule has 0 saturated heterocycles. The van der Waals surface area contributed by atoms with Crippen LogP contribution in [0.2, 0.25) is 0 Å². The Labute approximate surface area is 149 Å². The van der Waals surface area contributed by atoms with Crippen LogP contribution in [0.25, 0.3) is 22.5 Å². The highest BCUT2D eigenvalue weighted by Gasteiger charge is 2.14. The average molecular weight is 359 g/mol. The molecule has 3 aromatic rings. The number of phenols is 1. The number of rotatable bonds is 5. The zero-order chi connectivity index (χ0) is 17.8. The van der Waals surface area contributed by atoms with Crippen LogP contribution < -0.4 is 9.47 Å². The van der Waals surface area contributed by atoms with E-state index in [0.717, 1.165) is 5.56 Å². The number of nitrogens with zero attached hydrogens (tertiary/aromatic N) is 2. The lowest BCUT2D eigenvalue weighted by Gasteiger charge is -2.07. The molecule has 0 fully saturated rings. The van der Waals surface area contributed by atoms with Crippen LogP contribution in [-0.2, 0) is 0 Å². The molecule has 0 amide bonds. The lowest BCUT2D eigenvalue weighted by atomic mass is 10.2. The molecule has 1 N–H and O–H groups in total. The minimum Gasteiger partial charge on any atom is -0.508 e. The van der Waals surface area contributed by atoms with Crippen molar-refractivity contribution in [2.45, 2.75) is 0 Å². The number of ether oxygens (including phenoxy) is 2. The second kappa shape index (κ2) is 7.27. The van der Waals surface area contributed by atoms with Gasteiger partial charge in [-0.25, -0.2) is 0 Å². The Morgan fingerprint density at radius 3 is 2.48 bits per heavy atom. The van der Waals surface area contributed by atoms with E-state index < -0.39 is 0 Å². The van der Waals surface area contributed by atoms with Crippen molar-refractivity contribution in [3.8, 4) is 28.6 Å². The van der Waals surface area contributed by atoms with Gasteiger partial charge in [0.05, 0.1) is 14.2 Å². The molecule has 0 unspecified atom stereocenters. The van der Waals surface area contributed by atoms with Crippen molar-refractivity contribution in [2.75, 3.05) is 14.2 Å². The Morgan fingerprint density at radius 1 is 1.08 bits per heavy atom. The van der Waals surface area contributed by atoms with Gasteiger partial charge in [-0.1, -0.05) is 28.9 Å². The number of benzene rings is 2. The van der Waals surface area contributed by atoms with Crippen molar-refractivity contribution < 1.29 is 19.1 Å². The van der Waals surface area contributed by atoms with Crippen molar-refractivity contribution in [3.05, 3.63) is 53.9 Å². The molecule has 0 aliphatic heterocycles. The maximum Gasteiger partial charge on any atom is 0.269 e. The molecule has 1 heterocycles. The first-order valence-corrected chi connectivity index (χ1v) is 7.71. The summed E-state index contributed by atoms with van der Waals surface area (Å²) in [6, 6.07) is 11.9. The van der Waals surface area contributed by atoms with Gasteiger partial charge in [-0.2, -0.15) is 4.98 Å². The van der Waals surface area contributed by atoms with E-state index in [-0.39, 0.29) is 11.6 Å². The standard InChI is InChI=1S/C18H15ClN2O4/c1-23-15-8-5-12(10-16(15)24-2)17-20-18(25-21-17)14(19)9-11-3-6-13(22)7-4-11/h3-10,22H,1-2H3/b14-9-. The molecule has 128 valence electrons. The molecule has 1 aromatic heterocycles. The Morgan fingerprint density at radius 2 is 1.80 bits per heavy atom. The third-order valence-electron chi connectivity index (χ3n) is 3.46. The fourth-order valence-electron chi connectivity index (χ4n) is 2.19. The maximum atomic E-state index is 9.30. The highest BCUT2D eigenvalue weighted by molar-refractivity contribution is 6.50. The summed E-state index contributed by atoms with van der Waals surface area (Å²) in [4.78, 5) is 4.30. The molecule has 0 bridgehead atoms. The number of aromatic hydroxyl groups is 1. The zero-order valence-corrected chi connectivity index (χ0v) is 14.3. The SMILES string of the molecule is COc1ccc(-c2noc(/C(Cl)=C/c3ccc(O)cc3)n2)cc1OC. The summed E-state index contributed by atoms with van der Waals surface area (Å²) in [7, 11) is 3.12. The maximum absolute atomic E-state index is 9.30. The number of hydrogen-bond donors (Lipinski definition) is 1. The topological polar surface area (TPSA) is 77.6 Å². The van der Waals surface area contributed by atoms with Gasteiger partial charge in [-0.05, 0) is 42.0 Å².